The van der Waals surface area contributed by atoms with Crippen molar-refractivity contribution < 1.29 is 4.79 Å². The summed E-state index contributed by atoms with van der Waals surface area (Å²) in [6.45, 7) is 3.45. The number of rotatable bonds is 4. The van der Waals surface area contributed by atoms with Crippen molar-refractivity contribution in [3.8, 4) is 0 Å². The lowest BCUT2D eigenvalue weighted by molar-refractivity contribution is -0.125. The minimum absolute atomic E-state index is 0.262. The lowest BCUT2D eigenvalue weighted by Crippen LogP contribution is -2.35. The van der Waals surface area contributed by atoms with Gasteiger partial charge < -0.3 is 11.1 Å². The number of nitrogens with two attached hydrogens (primary N) is 1. The van der Waals surface area contributed by atoms with Crippen LogP contribution in [0.3, 0.4) is 0 Å². The number of carbonyl (C=O) groups excluding carboxylic acids is 1. The van der Waals surface area contributed by atoms with E-state index < -0.39 is 0 Å². The molecule has 3 N–H and O–H groups in total. The molecular formula is C11H20N2O. The van der Waals surface area contributed by atoms with E-state index >= 15 is 0 Å². The zero-order valence-corrected chi connectivity index (χ0v) is 8.83. The van der Waals surface area contributed by atoms with Crippen LogP contribution in [0, 0.1) is 23.7 Å². The average Bonchev–Trinajstić information content (AvgIpc) is 2.81. The average molecular weight is 196 g/mol. The topological polar surface area (TPSA) is 55.1 Å². The van der Waals surface area contributed by atoms with Crippen LogP contribution in [0.1, 0.15) is 26.2 Å². The second kappa shape index (κ2) is 3.89. The highest BCUT2D eigenvalue weighted by Gasteiger charge is 2.47. The molecule has 2 fully saturated rings. The van der Waals surface area contributed by atoms with E-state index in [1.54, 1.807) is 0 Å². The van der Waals surface area contributed by atoms with Gasteiger partial charge in [-0.1, -0.05) is 6.92 Å². The number of carbonyl (C=O) groups is 1. The molecule has 3 nitrogen and oxygen atoms in total. The highest BCUT2D eigenvalue weighted by atomic mass is 16.1. The molecule has 3 unspecified atom stereocenters. The van der Waals surface area contributed by atoms with Crippen molar-refractivity contribution in [1.29, 1.82) is 0 Å². The van der Waals surface area contributed by atoms with Gasteiger partial charge in [-0.3, -0.25) is 4.79 Å². The quantitative estimate of drug-likeness (QED) is 0.697. The molecular weight excluding hydrogens is 176 g/mol. The van der Waals surface area contributed by atoms with Gasteiger partial charge in [0.15, 0.2) is 0 Å². The molecule has 0 aliphatic heterocycles. The predicted octanol–water partition coefficient (Wildman–Crippen LogP) is 0.743. The Hall–Kier alpha value is -0.570. The summed E-state index contributed by atoms with van der Waals surface area (Å²) in [5.41, 5.74) is 5.49. The largest absolute Gasteiger partial charge is 0.356 e. The molecule has 0 aromatic rings. The molecule has 3 atom stereocenters. The Morgan fingerprint density at radius 2 is 2.07 bits per heavy atom. The molecule has 0 aromatic heterocycles. The predicted molar refractivity (Wildman–Crippen MR) is 55.5 cm³/mol. The van der Waals surface area contributed by atoms with Crippen molar-refractivity contribution in [1.82, 2.24) is 5.32 Å². The Balaban J connectivity index is 1.68. The first-order valence-electron chi connectivity index (χ1n) is 5.68. The maximum atomic E-state index is 11.7. The van der Waals surface area contributed by atoms with E-state index in [1.165, 1.54) is 6.42 Å². The van der Waals surface area contributed by atoms with Gasteiger partial charge in [0, 0.05) is 12.5 Å². The van der Waals surface area contributed by atoms with E-state index in [0.717, 1.165) is 31.2 Å². The summed E-state index contributed by atoms with van der Waals surface area (Å²) < 4.78 is 0. The molecule has 2 aliphatic rings. The van der Waals surface area contributed by atoms with Gasteiger partial charge in [0.2, 0.25) is 5.91 Å². The molecule has 2 rings (SSSR count). The summed E-state index contributed by atoms with van der Waals surface area (Å²) in [7, 11) is 0. The van der Waals surface area contributed by atoms with Crippen LogP contribution in [0.4, 0.5) is 0 Å². The van der Waals surface area contributed by atoms with Gasteiger partial charge in [0.25, 0.3) is 0 Å². The van der Waals surface area contributed by atoms with Gasteiger partial charge in [-0.25, -0.2) is 0 Å². The third-order valence-corrected chi connectivity index (χ3v) is 3.64. The lowest BCUT2D eigenvalue weighted by atomic mass is 10.0. The standard InChI is InChI=1S/C11H20N2O/c1-7(5-12)6-13-11(14)10-3-8-2-9(8)4-10/h7-10H,2-6,12H2,1H3,(H,13,14). The molecule has 0 bridgehead atoms. The van der Waals surface area contributed by atoms with Gasteiger partial charge in [-0.2, -0.15) is 0 Å². The molecule has 80 valence electrons. The zero-order valence-electron chi connectivity index (χ0n) is 8.83. The number of fused-ring (bicyclic) bond motifs is 1. The lowest BCUT2D eigenvalue weighted by Gasteiger charge is -2.14. The number of hydrogen-bond acceptors (Lipinski definition) is 2. The Labute approximate surface area is 85.4 Å². The molecule has 0 radical (unpaired) electrons. The summed E-state index contributed by atoms with van der Waals surface area (Å²) in [6, 6.07) is 0. The fraction of sp³-hybridized carbons (Fsp3) is 0.909. The van der Waals surface area contributed by atoms with Crippen LogP contribution in [0.25, 0.3) is 0 Å². The zero-order chi connectivity index (χ0) is 10.1. The fourth-order valence-corrected chi connectivity index (χ4v) is 2.43. The summed E-state index contributed by atoms with van der Waals surface area (Å²) in [6.07, 6.45) is 3.64. The number of nitrogens with one attached hydrogen (secondary N) is 1. The number of amides is 1. The SMILES string of the molecule is CC(CN)CNC(=O)C1CC2CC2C1. The van der Waals surface area contributed by atoms with Crippen molar-refractivity contribution in [3.05, 3.63) is 0 Å². The molecule has 0 saturated heterocycles. The van der Waals surface area contributed by atoms with E-state index in [9.17, 15) is 4.79 Å². The summed E-state index contributed by atoms with van der Waals surface area (Å²) in [5, 5.41) is 3.00. The molecule has 0 heterocycles. The van der Waals surface area contributed by atoms with Crippen molar-refractivity contribution in [3.63, 3.8) is 0 Å². The Morgan fingerprint density at radius 3 is 2.64 bits per heavy atom. The molecule has 3 heteroatoms. The van der Waals surface area contributed by atoms with Crippen LogP contribution >= 0.6 is 0 Å². The van der Waals surface area contributed by atoms with E-state index in [2.05, 4.69) is 12.2 Å². The van der Waals surface area contributed by atoms with Crippen molar-refractivity contribution in [2.24, 2.45) is 29.4 Å². The highest BCUT2D eigenvalue weighted by Crippen LogP contribution is 2.54. The molecule has 1 amide bonds. The first-order valence-corrected chi connectivity index (χ1v) is 5.68. The van der Waals surface area contributed by atoms with Gasteiger partial charge in [0.05, 0.1) is 0 Å². The monoisotopic (exact) mass is 196 g/mol. The van der Waals surface area contributed by atoms with Crippen molar-refractivity contribution >= 4 is 5.91 Å². The van der Waals surface area contributed by atoms with Crippen LogP contribution in [-0.2, 0) is 4.79 Å². The molecule has 0 aromatic carbocycles. The Morgan fingerprint density at radius 1 is 1.43 bits per heavy atom. The van der Waals surface area contributed by atoms with Crippen LogP contribution in [0.5, 0.6) is 0 Å². The molecule has 2 aliphatic carbocycles. The normalized spacial score (nSPS) is 36.3. The summed E-state index contributed by atoms with van der Waals surface area (Å²) >= 11 is 0. The van der Waals surface area contributed by atoms with E-state index in [0.29, 0.717) is 18.4 Å². The Bertz CT molecular complexity index is 219. The molecule has 2 saturated carbocycles. The van der Waals surface area contributed by atoms with Crippen LogP contribution in [-0.4, -0.2) is 19.0 Å². The van der Waals surface area contributed by atoms with E-state index in [4.69, 9.17) is 5.73 Å². The minimum atomic E-state index is 0.262. The van der Waals surface area contributed by atoms with Crippen molar-refractivity contribution in [2.75, 3.05) is 13.1 Å². The van der Waals surface area contributed by atoms with Gasteiger partial charge >= 0.3 is 0 Å². The molecule has 0 spiro atoms. The first kappa shape index (κ1) is 9.97. The summed E-state index contributed by atoms with van der Waals surface area (Å²) in [4.78, 5) is 11.7. The van der Waals surface area contributed by atoms with Crippen LogP contribution in [0.2, 0.25) is 0 Å². The smallest absolute Gasteiger partial charge is 0.223 e. The van der Waals surface area contributed by atoms with Crippen LogP contribution < -0.4 is 11.1 Å². The maximum absolute atomic E-state index is 11.7. The fourth-order valence-electron chi connectivity index (χ4n) is 2.43. The highest BCUT2D eigenvalue weighted by molar-refractivity contribution is 5.79. The molecule has 14 heavy (non-hydrogen) atoms. The third-order valence-electron chi connectivity index (χ3n) is 3.64. The minimum Gasteiger partial charge on any atom is -0.356 e. The van der Waals surface area contributed by atoms with Crippen molar-refractivity contribution in [2.45, 2.75) is 26.2 Å². The van der Waals surface area contributed by atoms with E-state index in [1.807, 2.05) is 0 Å². The number of hydrogen-bond donors (Lipinski definition) is 2. The first-order chi connectivity index (χ1) is 6.70. The van der Waals surface area contributed by atoms with E-state index in [-0.39, 0.29) is 5.91 Å². The summed E-state index contributed by atoms with van der Waals surface area (Å²) in [5.74, 6) is 2.74. The third kappa shape index (κ3) is 2.08. The maximum Gasteiger partial charge on any atom is 0.223 e. The van der Waals surface area contributed by atoms with Gasteiger partial charge in [-0.15, -0.1) is 0 Å². The second-order valence-electron chi connectivity index (χ2n) is 5.01. The van der Waals surface area contributed by atoms with Gasteiger partial charge in [0.1, 0.15) is 0 Å². The van der Waals surface area contributed by atoms with Crippen LogP contribution in [0.15, 0.2) is 0 Å². The van der Waals surface area contributed by atoms with Gasteiger partial charge in [-0.05, 0) is 43.6 Å². The Kier molecular flexibility index (Phi) is 2.77. The second-order valence-corrected chi connectivity index (χ2v) is 5.01.